The van der Waals surface area contributed by atoms with Crippen molar-refractivity contribution in [2.24, 2.45) is 0 Å². The average Bonchev–Trinajstić information content (AvgIpc) is 2.34. The lowest BCUT2D eigenvalue weighted by atomic mass is 11.0. The first kappa shape index (κ1) is 10.2. The third-order valence-electron chi connectivity index (χ3n) is 1.17. The van der Waals surface area contributed by atoms with E-state index in [0.29, 0.717) is 15.7 Å². The van der Waals surface area contributed by atoms with E-state index in [4.69, 9.17) is 0 Å². The summed E-state index contributed by atoms with van der Waals surface area (Å²) in [5.41, 5.74) is -5.13. The van der Waals surface area contributed by atoms with Crippen LogP contribution in [-0.4, -0.2) is 36.9 Å². The normalized spacial score (nSPS) is 21.6. The number of hydrogen-bond donors (Lipinski definition) is 0. The predicted octanol–water partition coefficient (Wildman–Crippen LogP) is 0.227. The van der Waals surface area contributed by atoms with Gasteiger partial charge in [0.25, 0.3) is 0 Å². The van der Waals surface area contributed by atoms with E-state index < -0.39 is 15.5 Å². The molecule has 1 saturated heterocycles. The molecule has 0 unspecified atom stereocenters. The molecule has 12 heavy (non-hydrogen) atoms. The van der Waals surface area contributed by atoms with Gasteiger partial charge in [0.1, 0.15) is 0 Å². The molecule has 3 nitrogen and oxygen atoms in total. The van der Waals surface area contributed by atoms with Crippen LogP contribution in [0.25, 0.3) is 0 Å². The second kappa shape index (κ2) is 3.12. The Kier molecular flexibility index (Phi) is 2.66. The Balaban J connectivity index is 2.85. The summed E-state index contributed by atoms with van der Waals surface area (Å²) in [4.78, 5) is 0. The van der Waals surface area contributed by atoms with Gasteiger partial charge in [-0.3, -0.25) is 0 Å². The Labute approximate surface area is 72.8 Å². The molecule has 0 aromatic heterocycles. The predicted molar refractivity (Wildman–Crippen MR) is 37.9 cm³/mol. The number of alkyl halides is 3. The van der Waals surface area contributed by atoms with Crippen molar-refractivity contribution >= 4 is 29.4 Å². The van der Waals surface area contributed by atoms with Crippen LogP contribution in [0.5, 0.6) is 0 Å². The molecule has 1 aliphatic rings. The molecule has 1 fully saturated rings. The van der Waals surface area contributed by atoms with Crippen LogP contribution in [0.15, 0.2) is 0 Å². The lowest BCUT2D eigenvalue weighted by molar-refractivity contribution is -0.0457. The summed E-state index contributed by atoms with van der Waals surface area (Å²) in [6.45, 7) is 0. The molecular weight excluding hydrogens is 227 g/mol. The first-order chi connectivity index (χ1) is 5.36. The topological polar surface area (TPSA) is 37.4 Å². The Morgan fingerprint density at radius 2 is 1.58 bits per heavy atom. The third-order valence-corrected chi connectivity index (χ3v) is 7.42. The molecule has 0 aromatic carbocycles. The van der Waals surface area contributed by atoms with Gasteiger partial charge in [0.2, 0.25) is 0 Å². The Morgan fingerprint density at radius 3 is 1.92 bits per heavy atom. The summed E-state index contributed by atoms with van der Waals surface area (Å²) in [5, 5.41) is 0. The average molecular weight is 231 g/mol. The largest absolute Gasteiger partial charge is 0.510 e. The van der Waals surface area contributed by atoms with Gasteiger partial charge in [0.05, 0.1) is 0 Å². The summed E-state index contributed by atoms with van der Waals surface area (Å²) < 4.78 is 57.5. The van der Waals surface area contributed by atoms with Gasteiger partial charge < -0.3 is 0 Å². The first-order valence-electron chi connectivity index (χ1n) is 2.94. The SMILES string of the molecule is O=S(=O)(N1[Si]CC[Si]1)C(F)(F)F. The number of hydrogen-bond acceptors (Lipinski definition) is 2. The van der Waals surface area contributed by atoms with Crippen LogP contribution in [0.2, 0.25) is 12.1 Å². The van der Waals surface area contributed by atoms with E-state index in [0.717, 1.165) is 0 Å². The monoisotopic (exact) mass is 231 g/mol. The number of sulfonamides is 1. The van der Waals surface area contributed by atoms with E-state index >= 15 is 0 Å². The van der Waals surface area contributed by atoms with Crippen molar-refractivity contribution in [3.05, 3.63) is 0 Å². The summed E-state index contributed by atoms with van der Waals surface area (Å²) in [7, 11) is -5.49. The molecule has 68 valence electrons. The molecule has 0 bridgehead atoms. The molecule has 9 heteroatoms. The standard InChI is InChI=1S/C3H4F3NO2SSi2/c4-3(5,6)10(8,9)7-11-1-2-12-7/h1-2H2. The van der Waals surface area contributed by atoms with Gasteiger partial charge in [0, 0.05) is 0 Å². The van der Waals surface area contributed by atoms with E-state index in [-0.39, 0.29) is 19.4 Å². The van der Waals surface area contributed by atoms with Crippen molar-refractivity contribution in [3.8, 4) is 0 Å². The minimum Gasteiger partial charge on any atom is -0.241 e. The van der Waals surface area contributed by atoms with Crippen LogP contribution in [0, 0.1) is 0 Å². The van der Waals surface area contributed by atoms with Crippen molar-refractivity contribution < 1.29 is 21.6 Å². The molecule has 0 amide bonds. The molecule has 1 heterocycles. The van der Waals surface area contributed by atoms with E-state index in [1.54, 1.807) is 0 Å². The molecule has 0 aromatic rings. The second-order valence-corrected chi connectivity index (χ2v) is 7.43. The Hall–Kier alpha value is 0.134. The van der Waals surface area contributed by atoms with Gasteiger partial charge >= 0.3 is 15.5 Å². The molecule has 0 atom stereocenters. The van der Waals surface area contributed by atoms with E-state index in [1.807, 2.05) is 0 Å². The smallest absolute Gasteiger partial charge is 0.241 e. The molecule has 0 N–H and O–H groups in total. The highest BCUT2D eigenvalue weighted by Crippen LogP contribution is 2.27. The number of nitrogens with zero attached hydrogens (tertiary/aromatic N) is 1. The molecule has 4 radical (unpaired) electrons. The van der Waals surface area contributed by atoms with Crippen molar-refractivity contribution in [2.45, 2.75) is 17.6 Å². The van der Waals surface area contributed by atoms with E-state index in [2.05, 4.69) is 0 Å². The summed E-state index contributed by atoms with van der Waals surface area (Å²) >= 11 is 0. The fraction of sp³-hybridized carbons (Fsp3) is 1.00. The molecule has 1 rings (SSSR count). The zero-order valence-corrected chi connectivity index (χ0v) is 8.54. The lowest BCUT2D eigenvalue weighted by Crippen LogP contribution is -2.41. The number of halogens is 3. The number of rotatable bonds is 1. The van der Waals surface area contributed by atoms with Crippen molar-refractivity contribution in [3.63, 3.8) is 0 Å². The van der Waals surface area contributed by atoms with Gasteiger partial charge in [-0.1, -0.05) is 0 Å². The highest BCUT2D eigenvalue weighted by Gasteiger charge is 2.50. The Bertz CT molecular complexity index is 257. The maximum absolute atomic E-state index is 11.9. The molecule has 1 aliphatic heterocycles. The molecule has 0 saturated carbocycles. The van der Waals surface area contributed by atoms with Gasteiger partial charge in [-0.2, -0.15) is 13.2 Å². The molecule has 0 spiro atoms. The van der Waals surface area contributed by atoms with E-state index in [9.17, 15) is 21.6 Å². The second-order valence-electron chi connectivity index (χ2n) is 2.03. The van der Waals surface area contributed by atoms with Crippen LogP contribution in [-0.2, 0) is 10.0 Å². The van der Waals surface area contributed by atoms with E-state index in [1.165, 1.54) is 0 Å². The van der Waals surface area contributed by atoms with Crippen molar-refractivity contribution in [2.75, 3.05) is 0 Å². The molecular formula is C3H4F3NO2SSi2. The third kappa shape index (κ3) is 1.73. The fourth-order valence-corrected chi connectivity index (χ4v) is 5.80. The fourth-order valence-electron chi connectivity index (χ4n) is 0.644. The quantitative estimate of drug-likeness (QED) is 0.606. The van der Waals surface area contributed by atoms with Crippen LogP contribution in [0.1, 0.15) is 0 Å². The van der Waals surface area contributed by atoms with Gasteiger partial charge in [-0.15, -0.1) is 0 Å². The molecule has 0 aliphatic carbocycles. The highest BCUT2D eigenvalue weighted by atomic mass is 32.2. The maximum atomic E-state index is 11.9. The van der Waals surface area contributed by atoms with Gasteiger partial charge in [0.15, 0.2) is 19.4 Å². The summed E-state index contributed by atoms with van der Waals surface area (Å²) in [6.07, 6.45) is 0. The van der Waals surface area contributed by atoms with Gasteiger partial charge in [-0.05, 0) is 12.1 Å². The van der Waals surface area contributed by atoms with Gasteiger partial charge in [-0.25, -0.2) is 12.1 Å². The first-order valence-corrected chi connectivity index (χ1v) is 6.69. The minimum absolute atomic E-state index is 0.238. The van der Waals surface area contributed by atoms with Crippen LogP contribution < -0.4 is 0 Å². The highest BCUT2D eigenvalue weighted by molar-refractivity contribution is 7.92. The summed E-state index contributed by atoms with van der Waals surface area (Å²) in [6, 6.07) is 1.10. The van der Waals surface area contributed by atoms with Crippen molar-refractivity contribution in [1.82, 2.24) is 3.64 Å². The Morgan fingerprint density at radius 1 is 1.17 bits per heavy atom. The van der Waals surface area contributed by atoms with Crippen molar-refractivity contribution in [1.29, 1.82) is 0 Å². The summed E-state index contributed by atoms with van der Waals surface area (Å²) in [5.74, 6) is 0. The minimum atomic E-state index is -5.13. The van der Waals surface area contributed by atoms with Crippen LogP contribution in [0.3, 0.4) is 0 Å². The van der Waals surface area contributed by atoms with Crippen LogP contribution in [0.4, 0.5) is 13.2 Å². The zero-order valence-electron chi connectivity index (χ0n) is 5.72. The van der Waals surface area contributed by atoms with Crippen LogP contribution >= 0.6 is 0 Å². The maximum Gasteiger partial charge on any atom is 0.510 e. The lowest BCUT2D eigenvalue weighted by Gasteiger charge is -2.16. The zero-order chi connectivity index (χ0) is 9.41.